The lowest BCUT2D eigenvalue weighted by Crippen LogP contribution is -2.08. The fourth-order valence-corrected chi connectivity index (χ4v) is 2.34. The topological polar surface area (TPSA) is 68.0 Å². The summed E-state index contributed by atoms with van der Waals surface area (Å²) in [6.45, 7) is 6.53. The van der Waals surface area contributed by atoms with Gasteiger partial charge < -0.3 is 5.11 Å². The zero-order valence-electron chi connectivity index (χ0n) is 12.2. The maximum atomic E-state index is 11.0. The van der Waals surface area contributed by atoms with Crippen LogP contribution in [0.1, 0.15) is 56.4 Å². The number of carboxylic acids is 1. The van der Waals surface area contributed by atoms with E-state index in [2.05, 4.69) is 31.1 Å². The monoisotopic (exact) mass is 275 g/mol. The standard InChI is InChI=1S/C15H21N3O2/c1-10(2)5-4-6-11(3)18-14-9-12(15(19)20)7-8-13(14)16-17-18/h7-11H,4-6H2,1-3H3,(H,19,20). The lowest BCUT2D eigenvalue weighted by Gasteiger charge is -2.13. The highest BCUT2D eigenvalue weighted by molar-refractivity contribution is 5.92. The molecule has 1 heterocycles. The summed E-state index contributed by atoms with van der Waals surface area (Å²) >= 11 is 0. The Kier molecular flexibility index (Phi) is 4.37. The molecule has 1 N–H and O–H groups in total. The minimum Gasteiger partial charge on any atom is -0.478 e. The van der Waals surface area contributed by atoms with Gasteiger partial charge in [-0.15, -0.1) is 5.10 Å². The molecule has 0 saturated carbocycles. The number of aromatic nitrogens is 3. The van der Waals surface area contributed by atoms with Gasteiger partial charge in [-0.3, -0.25) is 0 Å². The molecule has 5 nitrogen and oxygen atoms in total. The van der Waals surface area contributed by atoms with E-state index >= 15 is 0 Å². The molecule has 0 aliphatic carbocycles. The fraction of sp³-hybridized carbons (Fsp3) is 0.533. The van der Waals surface area contributed by atoms with E-state index in [9.17, 15) is 4.79 Å². The van der Waals surface area contributed by atoms with Crippen molar-refractivity contribution in [2.24, 2.45) is 5.92 Å². The van der Waals surface area contributed by atoms with Crippen LogP contribution >= 0.6 is 0 Å². The zero-order chi connectivity index (χ0) is 14.7. The predicted octanol–water partition coefficient (Wildman–Crippen LogP) is 3.52. The van der Waals surface area contributed by atoms with Gasteiger partial charge in [-0.05, 0) is 37.5 Å². The summed E-state index contributed by atoms with van der Waals surface area (Å²) in [5.74, 6) is -0.222. The lowest BCUT2D eigenvalue weighted by atomic mass is 10.0. The fourth-order valence-electron chi connectivity index (χ4n) is 2.34. The molecule has 0 aliphatic rings. The summed E-state index contributed by atoms with van der Waals surface area (Å²) in [6.07, 6.45) is 3.35. The van der Waals surface area contributed by atoms with E-state index in [4.69, 9.17) is 5.11 Å². The molecule has 0 fully saturated rings. The number of carboxylic acid groups (broad SMARTS) is 1. The molecule has 0 amide bonds. The molecule has 108 valence electrons. The smallest absolute Gasteiger partial charge is 0.335 e. The molecule has 1 aromatic heterocycles. The van der Waals surface area contributed by atoms with Crippen LogP contribution in [0.5, 0.6) is 0 Å². The first-order chi connectivity index (χ1) is 9.49. The van der Waals surface area contributed by atoms with E-state index in [0.29, 0.717) is 5.92 Å². The number of fused-ring (bicyclic) bond motifs is 1. The van der Waals surface area contributed by atoms with Crippen molar-refractivity contribution >= 4 is 17.0 Å². The summed E-state index contributed by atoms with van der Waals surface area (Å²) in [5.41, 5.74) is 1.81. The Hall–Kier alpha value is -1.91. The molecule has 1 atom stereocenters. The molecular weight excluding hydrogens is 254 g/mol. The van der Waals surface area contributed by atoms with Crippen molar-refractivity contribution in [2.45, 2.75) is 46.1 Å². The second kappa shape index (κ2) is 6.03. The van der Waals surface area contributed by atoms with Crippen LogP contribution in [0, 0.1) is 5.92 Å². The van der Waals surface area contributed by atoms with Gasteiger partial charge in [0.1, 0.15) is 5.52 Å². The zero-order valence-corrected chi connectivity index (χ0v) is 12.2. The molecule has 1 unspecified atom stereocenters. The minimum atomic E-state index is -0.924. The summed E-state index contributed by atoms with van der Waals surface area (Å²) in [4.78, 5) is 11.0. The average Bonchev–Trinajstić information content (AvgIpc) is 2.80. The van der Waals surface area contributed by atoms with Gasteiger partial charge in [0.05, 0.1) is 17.1 Å². The second-order valence-electron chi connectivity index (χ2n) is 5.72. The lowest BCUT2D eigenvalue weighted by molar-refractivity contribution is 0.0697. The molecule has 0 bridgehead atoms. The molecule has 20 heavy (non-hydrogen) atoms. The molecule has 2 aromatic rings. The predicted molar refractivity (Wildman–Crippen MR) is 77.9 cm³/mol. The average molecular weight is 275 g/mol. The third-order valence-corrected chi connectivity index (χ3v) is 3.54. The normalized spacial score (nSPS) is 13.0. The number of aromatic carboxylic acids is 1. The number of nitrogens with zero attached hydrogens (tertiary/aromatic N) is 3. The van der Waals surface area contributed by atoms with Crippen molar-refractivity contribution in [1.82, 2.24) is 15.0 Å². The van der Waals surface area contributed by atoms with Gasteiger partial charge in [0.15, 0.2) is 0 Å². The van der Waals surface area contributed by atoms with Crippen molar-refractivity contribution in [1.29, 1.82) is 0 Å². The highest BCUT2D eigenvalue weighted by Gasteiger charge is 2.13. The van der Waals surface area contributed by atoms with Crippen LogP contribution in [-0.2, 0) is 0 Å². The number of rotatable bonds is 6. The van der Waals surface area contributed by atoms with Gasteiger partial charge in [0, 0.05) is 0 Å². The highest BCUT2D eigenvalue weighted by atomic mass is 16.4. The summed E-state index contributed by atoms with van der Waals surface area (Å²) < 4.78 is 1.84. The Bertz CT molecular complexity index is 604. The summed E-state index contributed by atoms with van der Waals surface area (Å²) in [7, 11) is 0. The summed E-state index contributed by atoms with van der Waals surface area (Å²) in [6, 6.07) is 5.15. The van der Waals surface area contributed by atoms with Crippen molar-refractivity contribution < 1.29 is 9.90 Å². The van der Waals surface area contributed by atoms with Crippen LogP contribution in [0.25, 0.3) is 11.0 Å². The maximum absolute atomic E-state index is 11.0. The van der Waals surface area contributed by atoms with Crippen molar-refractivity contribution in [3.05, 3.63) is 23.8 Å². The van der Waals surface area contributed by atoms with Gasteiger partial charge in [0.2, 0.25) is 0 Å². The molecule has 0 radical (unpaired) electrons. The van der Waals surface area contributed by atoms with Crippen LogP contribution in [0.4, 0.5) is 0 Å². The molecule has 1 aromatic carbocycles. The van der Waals surface area contributed by atoms with Crippen LogP contribution < -0.4 is 0 Å². The van der Waals surface area contributed by atoms with Crippen LogP contribution in [-0.4, -0.2) is 26.1 Å². The van der Waals surface area contributed by atoms with Gasteiger partial charge in [-0.25, -0.2) is 9.48 Å². The third kappa shape index (κ3) is 3.15. The Morgan fingerprint density at radius 3 is 2.70 bits per heavy atom. The number of hydrogen-bond acceptors (Lipinski definition) is 3. The second-order valence-corrected chi connectivity index (χ2v) is 5.72. The van der Waals surface area contributed by atoms with E-state index in [0.717, 1.165) is 23.9 Å². The Morgan fingerprint density at radius 1 is 1.30 bits per heavy atom. The van der Waals surface area contributed by atoms with Gasteiger partial charge in [-0.1, -0.05) is 31.9 Å². The molecule has 0 saturated heterocycles. The first-order valence-electron chi connectivity index (χ1n) is 7.07. The third-order valence-electron chi connectivity index (χ3n) is 3.54. The van der Waals surface area contributed by atoms with Crippen molar-refractivity contribution in [2.75, 3.05) is 0 Å². The number of carbonyl (C=O) groups is 1. The SMILES string of the molecule is CC(C)CCCC(C)n1nnc2ccc(C(=O)O)cc21. The van der Waals surface area contributed by atoms with Crippen molar-refractivity contribution in [3.63, 3.8) is 0 Å². The van der Waals surface area contributed by atoms with E-state index in [-0.39, 0.29) is 11.6 Å². The molecule has 0 aliphatic heterocycles. The summed E-state index contributed by atoms with van der Waals surface area (Å²) in [5, 5.41) is 17.3. The van der Waals surface area contributed by atoms with E-state index in [1.165, 1.54) is 6.42 Å². The van der Waals surface area contributed by atoms with Gasteiger partial charge in [-0.2, -0.15) is 0 Å². The Balaban J connectivity index is 2.20. The quantitative estimate of drug-likeness (QED) is 0.875. The first-order valence-corrected chi connectivity index (χ1v) is 7.07. The van der Waals surface area contributed by atoms with Gasteiger partial charge in [0.25, 0.3) is 0 Å². The molecule has 0 spiro atoms. The van der Waals surface area contributed by atoms with E-state index in [1.807, 2.05) is 4.68 Å². The Morgan fingerprint density at radius 2 is 2.05 bits per heavy atom. The maximum Gasteiger partial charge on any atom is 0.335 e. The van der Waals surface area contributed by atoms with Crippen molar-refractivity contribution in [3.8, 4) is 0 Å². The highest BCUT2D eigenvalue weighted by Crippen LogP contribution is 2.21. The number of benzene rings is 1. The van der Waals surface area contributed by atoms with Crippen LogP contribution in [0.3, 0.4) is 0 Å². The van der Waals surface area contributed by atoms with E-state index < -0.39 is 5.97 Å². The number of hydrogen-bond donors (Lipinski definition) is 1. The largest absolute Gasteiger partial charge is 0.478 e. The minimum absolute atomic E-state index is 0.225. The molecule has 2 rings (SSSR count). The van der Waals surface area contributed by atoms with E-state index in [1.54, 1.807) is 18.2 Å². The molecular formula is C15H21N3O2. The van der Waals surface area contributed by atoms with Crippen LogP contribution in [0.2, 0.25) is 0 Å². The first kappa shape index (κ1) is 14.5. The van der Waals surface area contributed by atoms with Crippen LogP contribution in [0.15, 0.2) is 18.2 Å². The molecule has 5 heteroatoms. The van der Waals surface area contributed by atoms with Gasteiger partial charge >= 0.3 is 5.97 Å². The Labute approximate surface area is 118 Å².